The Bertz CT molecular complexity index is 1280. The molecule has 1 aromatic carbocycles. The van der Waals surface area contributed by atoms with Crippen LogP contribution < -0.4 is 11.4 Å². The predicted molar refractivity (Wildman–Crippen MR) is 113 cm³/mol. The summed E-state index contributed by atoms with van der Waals surface area (Å²) in [5.74, 6) is 0. The summed E-state index contributed by atoms with van der Waals surface area (Å²) in [5, 5.41) is 9.33. The maximum Gasteiger partial charge on any atom is 0.346 e. The van der Waals surface area contributed by atoms with Gasteiger partial charge >= 0.3 is 5.69 Å². The summed E-state index contributed by atoms with van der Waals surface area (Å²) < 4.78 is 31.0. The first kappa shape index (κ1) is 20.2. The van der Waals surface area contributed by atoms with E-state index in [1.165, 1.54) is 10.9 Å². The third-order valence-electron chi connectivity index (χ3n) is 4.84. The molecule has 30 heavy (non-hydrogen) atoms. The molecule has 4 aromatic rings. The van der Waals surface area contributed by atoms with Crippen LogP contribution in [-0.2, 0) is 19.6 Å². The molecular formula is C20H20F2N6OS. The Morgan fingerprint density at radius 2 is 2.03 bits per heavy atom. The number of hydrogen-bond donors (Lipinski definition) is 1. The second-order valence-corrected chi connectivity index (χ2v) is 7.99. The Balaban J connectivity index is 1.57. The van der Waals surface area contributed by atoms with Crippen molar-refractivity contribution in [3.63, 3.8) is 0 Å². The number of hydrogen-bond acceptors (Lipinski definition) is 5. The van der Waals surface area contributed by atoms with Gasteiger partial charge in [0.15, 0.2) is 0 Å². The fourth-order valence-corrected chi connectivity index (χ4v) is 4.22. The molecule has 0 amide bonds. The molecule has 0 fully saturated rings. The van der Waals surface area contributed by atoms with Gasteiger partial charge in [0.2, 0.25) is 0 Å². The van der Waals surface area contributed by atoms with Gasteiger partial charge in [0.25, 0.3) is 6.08 Å². The minimum absolute atomic E-state index is 0.303. The van der Waals surface area contributed by atoms with Crippen molar-refractivity contribution >= 4 is 21.4 Å². The number of halogens is 2. The van der Waals surface area contributed by atoms with Gasteiger partial charge in [0, 0.05) is 40.0 Å². The van der Waals surface area contributed by atoms with E-state index >= 15 is 0 Å². The van der Waals surface area contributed by atoms with Gasteiger partial charge in [-0.25, -0.2) is 9.48 Å². The van der Waals surface area contributed by atoms with Crippen molar-refractivity contribution in [3.05, 3.63) is 70.0 Å². The highest BCUT2D eigenvalue weighted by Crippen LogP contribution is 2.30. The average molecular weight is 430 g/mol. The highest BCUT2D eigenvalue weighted by atomic mass is 32.1. The fourth-order valence-electron chi connectivity index (χ4n) is 3.18. The third-order valence-corrected chi connectivity index (χ3v) is 5.94. The zero-order valence-electron chi connectivity index (χ0n) is 16.3. The van der Waals surface area contributed by atoms with Crippen molar-refractivity contribution in [2.75, 3.05) is 6.54 Å². The number of aromatic nitrogens is 5. The van der Waals surface area contributed by atoms with Crippen molar-refractivity contribution < 1.29 is 8.78 Å². The van der Waals surface area contributed by atoms with Gasteiger partial charge in [-0.3, -0.25) is 9.25 Å². The van der Waals surface area contributed by atoms with E-state index in [0.29, 0.717) is 6.54 Å². The number of aryl methyl sites for hydroxylation is 1. The SMILES string of the molecule is CCn1cc(-c2ccc3sc(Cn4cnn(CC(CN)=C(F)F)c4=O)cc3c2)cn1. The molecule has 0 saturated carbocycles. The maximum atomic E-state index is 12.8. The predicted octanol–water partition coefficient (Wildman–Crippen LogP) is 3.30. The van der Waals surface area contributed by atoms with Crippen LogP contribution >= 0.6 is 11.3 Å². The van der Waals surface area contributed by atoms with Gasteiger partial charge in [-0.1, -0.05) is 6.07 Å². The molecule has 0 bridgehead atoms. The summed E-state index contributed by atoms with van der Waals surface area (Å²) in [6, 6.07) is 8.23. The van der Waals surface area contributed by atoms with Gasteiger partial charge in [-0.05, 0) is 36.1 Å². The van der Waals surface area contributed by atoms with Crippen LogP contribution in [0.2, 0.25) is 0 Å². The van der Waals surface area contributed by atoms with E-state index in [1.807, 2.05) is 30.1 Å². The van der Waals surface area contributed by atoms with Crippen molar-refractivity contribution in [3.8, 4) is 11.1 Å². The van der Waals surface area contributed by atoms with E-state index in [4.69, 9.17) is 5.73 Å². The van der Waals surface area contributed by atoms with Gasteiger partial charge in [0.1, 0.15) is 6.33 Å². The zero-order chi connectivity index (χ0) is 21.3. The fraction of sp³-hybridized carbons (Fsp3) is 0.250. The summed E-state index contributed by atoms with van der Waals surface area (Å²) >= 11 is 1.58. The molecule has 0 radical (unpaired) electrons. The summed E-state index contributed by atoms with van der Waals surface area (Å²) in [4.78, 5) is 13.5. The van der Waals surface area contributed by atoms with Crippen LogP contribution in [0.5, 0.6) is 0 Å². The van der Waals surface area contributed by atoms with E-state index in [1.54, 1.807) is 11.3 Å². The van der Waals surface area contributed by atoms with Crippen LogP contribution in [0.3, 0.4) is 0 Å². The molecule has 0 atom stereocenters. The van der Waals surface area contributed by atoms with Crippen LogP contribution in [0.1, 0.15) is 11.8 Å². The number of nitrogens with zero attached hydrogens (tertiary/aromatic N) is 5. The molecule has 10 heteroatoms. The maximum absolute atomic E-state index is 12.8. The van der Waals surface area contributed by atoms with Crippen LogP contribution in [0.25, 0.3) is 21.2 Å². The number of thiophene rings is 1. The molecule has 0 aliphatic carbocycles. The van der Waals surface area contributed by atoms with Crippen LogP contribution in [-0.4, -0.2) is 30.7 Å². The van der Waals surface area contributed by atoms with Gasteiger partial charge in [0.05, 0.1) is 19.3 Å². The highest BCUT2D eigenvalue weighted by Gasteiger charge is 2.12. The molecular weight excluding hydrogens is 410 g/mol. The standard InChI is InChI=1S/C20H20F2N6OS/c1-2-27-9-16(8-24-27)13-3-4-18-14(5-13)6-17(30-18)11-26-12-25-28(20(26)29)10-15(7-23)19(21)22/h3-6,8-9,12H,2,7,10-11,23H2,1H3. The van der Waals surface area contributed by atoms with Crippen LogP contribution in [0.4, 0.5) is 8.78 Å². The molecule has 7 nitrogen and oxygen atoms in total. The topological polar surface area (TPSA) is 83.7 Å². The normalized spacial score (nSPS) is 11.3. The second kappa shape index (κ2) is 8.33. The molecule has 0 saturated heterocycles. The van der Waals surface area contributed by atoms with Crippen molar-refractivity contribution in [2.24, 2.45) is 5.73 Å². The molecule has 3 heterocycles. The number of rotatable bonds is 7. The van der Waals surface area contributed by atoms with Gasteiger partial charge in [-0.15, -0.1) is 11.3 Å². The lowest BCUT2D eigenvalue weighted by atomic mass is 10.1. The molecule has 0 spiro atoms. The minimum Gasteiger partial charge on any atom is -0.327 e. The molecule has 4 rings (SSSR count). The number of fused-ring (bicyclic) bond motifs is 1. The molecule has 156 valence electrons. The molecule has 3 aromatic heterocycles. The van der Waals surface area contributed by atoms with E-state index in [0.717, 1.165) is 37.3 Å². The average Bonchev–Trinajstić information content (AvgIpc) is 3.45. The smallest absolute Gasteiger partial charge is 0.327 e. The number of nitrogens with two attached hydrogens (primary N) is 1. The Kier molecular flexibility index (Phi) is 5.60. The van der Waals surface area contributed by atoms with E-state index in [-0.39, 0.29) is 18.7 Å². The quantitative estimate of drug-likeness (QED) is 0.488. The molecule has 0 unspecified atom stereocenters. The lowest BCUT2D eigenvalue weighted by Gasteiger charge is -2.02. The largest absolute Gasteiger partial charge is 0.346 e. The Morgan fingerprint density at radius 1 is 1.20 bits per heavy atom. The van der Waals surface area contributed by atoms with Crippen LogP contribution in [0, 0.1) is 0 Å². The van der Waals surface area contributed by atoms with E-state index in [9.17, 15) is 13.6 Å². The minimum atomic E-state index is -1.87. The Hall–Kier alpha value is -3.11. The first-order valence-electron chi connectivity index (χ1n) is 9.39. The van der Waals surface area contributed by atoms with E-state index < -0.39 is 11.8 Å². The summed E-state index contributed by atoms with van der Waals surface area (Å²) in [7, 11) is 0. The molecule has 2 N–H and O–H groups in total. The van der Waals surface area contributed by atoms with Crippen molar-refractivity contribution in [1.29, 1.82) is 0 Å². The first-order chi connectivity index (χ1) is 14.5. The van der Waals surface area contributed by atoms with Gasteiger partial charge in [-0.2, -0.15) is 19.0 Å². The lowest BCUT2D eigenvalue weighted by molar-refractivity contribution is 0.400. The first-order valence-corrected chi connectivity index (χ1v) is 10.2. The third kappa shape index (κ3) is 3.96. The van der Waals surface area contributed by atoms with Crippen molar-refractivity contribution in [1.82, 2.24) is 24.1 Å². The molecule has 0 aliphatic rings. The lowest BCUT2D eigenvalue weighted by Crippen LogP contribution is -2.27. The summed E-state index contributed by atoms with van der Waals surface area (Å²) in [5.41, 5.74) is 6.69. The van der Waals surface area contributed by atoms with Gasteiger partial charge < -0.3 is 5.73 Å². The monoisotopic (exact) mass is 430 g/mol. The summed E-state index contributed by atoms with van der Waals surface area (Å²) in [6.07, 6.45) is 3.34. The van der Waals surface area contributed by atoms with Crippen LogP contribution in [0.15, 0.2) is 59.4 Å². The summed E-state index contributed by atoms with van der Waals surface area (Å²) in [6.45, 7) is 2.54. The molecule has 0 aliphatic heterocycles. The Morgan fingerprint density at radius 3 is 2.73 bits per heavy atom. The zero-order valence-corrected chi connectivity index (χ0v) is 17.1. The number of benzene rings is 1. The highest BCUT2D eigenvalue weighted by molar-refractivity contribution is 7.19. The van der Waals surface area contributed by atoms with Crippen molar-refractivity contribution in [2.45, 2.75) is 26.6 Å². The second-order valence-electron chi connectivity index (χ2n) is 6.82. The Labute approximate surface area is 174 Å². The van der Waals surface area contributed by atoms with E-state index in [2.05, 4.69) is 28.4 Å².